The van der Waals surface area contributed by atoms with Crippen LogP contribution in [0.3, 0.4) is 0 Å². The summed E-state index contributed by atoms with van der Waals surface area (Å²) >= 11 is 1.73. The first-order chi connectivity index (χ1) is 9.11. The quantitative estimate of drug-likeness (QED) is 0.832. The molecule has 1 aliphatic heterocycles. The van der Waals surface area contributed by atoms with Crippen LogP contribution < -0.4 is 10.6 Å². The van der Waals surface area contributed by atoms with Gasteiger partial charge in [-0.2, -0.15) is 0 Å². The Hall–Kier alpha value is -1.00. The molecule has 3 nitrogen and oxygen atoms in total. The summed E-state index contributed by atoms with van der Waals surface area (Å²) in [5.41, 5.74) is 1.16. The van der Waals surface area contributed by atoms with E-state index in [1.165, 1.54) is 4.90 Å². The van der Waals surface area contributed by atoms with E-state index in [0.717, 1.165) is 18.5 Å². The predicted octanol–water partition coefficient (Wildman–Crippen LogP) is 2.58. The first-order valence-corrected chi connectivity index (χ1v) is 8.02. The monoisotopic (exact) mass is 278 g/mol. The minimum absolute atomic E-state index is 0.0659. The Morgan fingerprint density at radius 1 is 1.42 bits per heavy atom. The highest BCUT2D eigenvalue weighted by molar-refractivity contribution is 7.98. The molecule has 2 N–H and O–H groups in total. The van der Waals surface area contributed by atoms with Gasteiger partial charge in [0.2, 0.25) is 5.91 Å². The fraction of sp³-hybridized carbons (Fsp3) is 0.533. The fourth-order valence-corrected chi connectivity index (χ4v) is 2.92. The molecule has 1 fully saturated rings. The zero-order valence-electron chi connectivity index (χ0n) is 11.8. The molecular formula is C15H22N2OS. The van der Waals surface area contributed by atoms with Gasteiger partial charge in [-0.3, -0.25) is 4.79 Å². The van der Waals surface area contributed by atoms with Gasteiger partial charge in [-0.15, -0.1) is 11.8 Å². The number of hydrogen-bond donors (Lipinski definition) is 2. The first-order valence-electron chi connectivity index (χ1n) is 6.79. The molecule has 104 valence electrons. The van der Waals surface area contributed by atoms with Crippen molar-refractivity contribution in [1.29, 1.82) is 0 Å². The second-order valence-electron chi connectivity index (χ2n) is 5.14. The van der Waals surface area contributed by atoms with E-state index in [9.17, 15) is 4.79 Å². The molecule has 0 saturated carbocycles. The lowest BCUT2D eigenvalue weighted by atomic mass is 10.00. The third kappa shape index (κ3) is 3.51. The molecule has 3 unspecified atom stereocenters. The zero-order chi connectivity index (χ0) is 13.8. The number of thioether (sulfide) groups is 1. The van der Waals surface area contributed by atoms with Crippen LogP contribution in [0.15, 0.2) is 29.2 Å². The molecule has 1 aliphatic rings. The molecule has 0 spiro atoms. The van der Waals surface area contributed by atoms with Crippen LogP contribution >= 0.6 is 11.8 Å². The highest BCUT2D eigenvalue weighted by Crippen LogP contribution is 2.21. The van der Waals surface area contributed by atoms with Gasteiger partial charge in [-0.25, -0.2) is 0 Å². The second kappa shape index (κ2) is 6.44. The van der Waals surface area contributed by atoms with Crippen molar-refractivity contribution < 1.29 is 4.79 Å². The smallest absolute Gasteiger partial charge is 0.225 e. The summed E-state index contributed by atoms with van der Waals surface area (Å²) in [5.74, 6) is 0.270. The Morgan fingerprint density at radius 2 is 2.11 bits per heavy atom. The van der Waals surface area contributed by atoms with E-state index < -0.39 is 0 Å². The normalized spacial score (nSPS) is 24.2. The molecule has 1 aromatic rings. The topological polar surface area (TPSA) is 41.1 Å². The van der Waals surface area contributed by atoms with Crippen LogP contribution in [0.1, 0.15) is 31.9 Å². The largest absolute Gasteiger partial charge is 0.349 e. The van der Waals surface area contributed by atoms with Gasteiger partial charge in [-0.1, -0.05) is 12.1 Å². The summed E-state index contributed by atoms with van der Waals surface area (Å²) in [6.07, 6.45) is 3.00. The lowest BCUT2D eigenvalue weighted by molar-refractivity contribution is -0.125. The number of amides is 1. The number of rotatable bonds is 4. The van der Waals surface area contributed by atoms with Crippen molar-refractivity contribution in [3.05, 3.63) is 29.8 Å². The molecule has 19 heavy (non-hydrogen) atoms. The van der Waals surface area contributed by atoms with Gasteiger partial charge < -0.3 is 10.6 Å². The Kier molecular flexibility index (Phi) is 4.88. The van der Waals surface area contributed by atoms with Crippen LogP contribution in [0.4, 0.5) is 0 Å². The summed E-state index contributed by atoms with van der Waals surface area (Å²) in [4.78, 5) is 13.5. The zero-order valence-corrected chi connectivity index (χ0v) is 12.6. The molecule has 0 bridgehead atoms. The van der Waals surface area contributed by atoms with Gasteiger partial charge in [0, 0.05) is 10.9 Å². The molecule has 1 saturated heterocycles. The average molecular weight is 278 g/mol. The molecule has 0 aromatic heterocycles. The minimum atomic E-state index is 0.0659. The van der Waals surface area contributed by atoms with Gasteiger partial charge in [-0.05, 0) is 50.8 Å². The van der Waals surface area contributed by atoms with Crippen LogP contribution in [0, 0.1) is 5.92 Å². The lowest BCUT2D eigenvalue weighted by Crippen LogP contribution is -2.37. The molecule has 3 atom stereocenters. The van der Waals surface area contributed by atoms with Crippen molar-refractivity contribution in [2.24, 2.45) is 5.92 Å². The average Bonchev–Trinajstić information content (AvgIpc) is 2.85. The van der Waals surface area contributed by atoms with Crippen molar-refractivity contribution in [2.45, 2.75) is 37.2 Å². The molecule has 1 amide bonds. The molecule has 2 rings (SSSR count). The van der Waals surface area contributed by atoms with E-state index >= 15 is 0 Å². The first kappa shape index (κ1) is 14.4. The highest BCUT2D eigenvalue weighted by atomic mass is 32.2. The van der Waals surface area contributed by atoms with Crippen molar-refractivity contribution in [1.82, 2.24) is 10.6 Å². The molecule has 0 aliphatic carbocycles. The van der Waals surface area contributed by atoms with E-state index in [1.54, 1.807) is 11.8 Å². The summed E-state index contributed by atoms with van der Waals surface area (Å²) in [6.45, 7) is 5.06. The number of hydrogen-bond acceptors (Lipinski definition) is 3. The summed E-state index contributed by atoms with van der Waals surface area (Å²) in [5, 5.41) is 6.44. The van der Waals surface area contributed by atoms with Gasteiger partial charge in [0.05, 0.1) is 12.0 Å². The molecular weight excluding hydrogens is 256 g/mol. The van der Waals surface area contributed by atoms with Crippen LogP contribution in [0.2, 0.25) is 0 Å². The highest BCUT2D eigenvalue weighted by Gasteiger charge is 2.29. The maximum Gasteiger partial charge on any atom is 0.225 e. The minimum Gasteiger partial charge on any atom is -0.349 e. The maximum absolute atomic E-state index is 12.2. The van der Waals surface area contributed by atoms with Crippen molar-refractivity contribution in [3.63, 3.8) is 0 Å². The predicted molar refractivity (Wildman–Crippen MR) is 80.4 cm³/mol. The number of carbonyl (C=O) groups is 1. The van der Waals surface area contributed by atoms with E-state index in [4.69, 9.17) is 0 Å². The summed E-state index contributed by atoms with van der Waals surface area (Å²) in [7, 11) is 0. The molecule has 1 heterocycles. The van der Waals surface area contributed by atoms with E-state index in [-0.39, 0.29) is 23.9 Å². The van der Waals surface area contributed by atoms with Crippen molar-refractivity contribution in [2.75, 3.05) is 12.8 Å². The van der Waals surface area contributed by atoms with Gasteiger partial charge in [0.15, 0.2) is 0 Å². The number of benzene rings is 1. The Balaban J connectivity index is 1.95. The molecule has 1 aromatic carbocycles. The van der Waals surface area contributed by atoms with E-state index in [1.807, 2.05) is 6.92 Å². The van der Waals surface area contributed by atoms with E-state index in [0.29, 0.717) is 0 Å². The van der Waals surface area contributed by atoms with Crippen LogP contribution in [0.25, 0.3) is 0 Å². The summed E-state index contributed by atoms with van der Waals surface area (Å²) < 4.78 is 0. The standard InChI is InChI=1S/C15H22N2OS/c1-10(12-4-6-13(19-3)7-5-12)17-15(18)14-8-9-16-11(14)2/h4-7,10-11,14,16H,8-9H2,1-3H3,(H,17,18). The Morgan fingerprint density at radius 3 is 2.63 bits per heavy atom. The third-order valence-electron chi connectivity index (χ3n) is 3.84. The van der Waals surface area contributed by atoms with Crippen molar-refractivity contribution >= 4 is 17.7 Å². The Labute approximate surface area is 119 Å². The van der Waals surface area contributed by atoms with Crippen LogP contribution in [0.5, 0.6) is 0 Å². The molecule has 0 radical (unpaired) electrons. The SMILES string of the molecule is CSc1ccc(C(C)NC(=O)C2CCNC2C)cc1. The van der Waals surface area contributed by atoms with Crippen molar-refractivity contribution in [3.8, 4) is 0 Å². The second-order valence-corrected chi connectivity index (χ2v) is 6.02. The lowest BCUT2D eigenvalue weighted by Gasteiger charge is -2.19. The fourth-order valence-electron chi connectivity index (χ4n) is 2.51. The third-order valence-corrected chi connectivity index (χ3v) is 4.58. The summed E-state index contributed by atoms with van der Waals surface area (Å²) in [6, 6.07) is 8.73. The molecule has 4 heteroatoms. The Bertz CT molecular complexity index is 432. The van der Waals surface area contributed by atoms with Gasteiger partial charge in [0.1, 0.15) is 0 Å². The number of carbonyl (C=O) groups excluding carboxylic acids is 1. The van der Waals surface area contributed by atoms with Gasteiger partial charge >= 0.3 is 0 Å². The number of nitrogens with one attached hydrogen (secondary N) is 2. The van der Waals surface area contributed by atoms with E-state index in [2.05, 4.69) is 48.1 Å². The maximum atomic E-state index is 12.2. The van der Waals surface area contributed by atoms with Gasteiger partial charge in [0.25, 0.3) is 0 Å². The van der Waals surface area contributed by atoms with Crippen LogP contribution in [-0.4, -0.2) is 24.7 Å². The van der Waals surface area contributed by atoms with Crippen LogP contribution in [-0.2, 0) is 4.79 Å².